The predicted molar refractivity (Wildman–Crippen MR) is 155 cm³/mol. The zero-order valence-electron chi connectivity index (χ0n) is 23.8. The normalized spacial score (nSPS) is 9.25. The summed E-state index contributed by atoms with van der Waals surface area (Å²) in [5.74, 6) is 2.28. The van der Waals surface area contributed by atoms with Gasteiger partial charge >= 0.3 is 0 Å². The van der Waals surface area contributed by atoms with Crippen LogP contribution < -0.4 is 0 Å². The molecule has 0 radical (unpaired) electrons. The first-order valence-electron chi connectivity index (χ1n) is 12.1. The number of rotatable bonds is 0. The van der Waals surface area contributed by atoms with Crippen LogP contribution in [-0.2, 0) is 21.7 Å². The maximum Gasteiger partial charge on any atom is 0 e. The second-order valence-corrected chi connectivity index (χ2v) is 9.11. The Balaban J connectivity index is 0.000000454. The summed E-state index contributed by atoms with van der Waals surface area (Å²) in [6.45, 7) is 22.0. The minimum absolute atomic E-state index is 0. The largest absolute Gasteiger partial charge is 0.699 e. The molecular formula is C34H41NTi-4. The van der Waals surface area contributed by atoms with Crippen molar-refractivity contribution in [1.29, 1.82) is 0 Å². The van der Waals surface area contributed by atoms with Gasteiger partial charge in [0, 0.05) is 21.7 Å². The summed E-state index contributed by atoms with van der Waals surface area (Å²) in [7, 11) is 0. The zero-order chi connectivity index (χ0) is 26.7. The summed E-state index contributed by atoms with van der Waals surface area (Å²) in [5, 5.41) is 0. The summed E-state index contributed by atoms with van der Waals surface area (Å²) in [5.41, 5.74) is 23.1. The Labute approximate surface area is 235 Å². The summed E-state index contributed by atoms with van der Waals surface area (Å²) >= 11 is 0. The van der Waals surface area contributed by atoms with Gasteiger partial charge < -0.3 is 12.2 Å². The maximum atomic E-state index is 7.00. The Morgan fingerprint density at radius 2 is 0.833 bits per heavy atom. The first-order chi connectivity index (χ1) is 16.4. The molecule has 4 aromatic rings. The molecule has 0 aliphatic carbocycles. The molecule has 0 aliphatic rings. The second-order valence-electron chi connectivity index (χ2n) is 9.11. The van der Waals surface area contributed by atoms with Gasteiger partial charge in [0.2, 0.25) is 0 Å². The van der Waals surface area contributed by atoms with Crippen molar-refractivity contribution in [3.63, 3.8) is 0 Å². The van der Waals surface area contributed by atoms with E-state index in [1.807, 2.05) is 48.5 Å². The first kappa shape index (κ1) is 33.2. The van der Waals surface area contributed by atoms with Gasteiger partial charge in [-0.1, -0.05) is 118 Å². The third-order valence-corrected chi connectivity index (χ3v) is 7.32. The van der Waals surface area contributed by atoms with Crippen molar-refractivity contribution in [1.82, 2.24) is 0 Å². The average Bonchev–Trinajstić information content (AvgIpc) is 3.16. The van der Waals surface area contributed by atoms with Crippen LogP contribution in [0, 0.1) is 81.6 Å². The Bertz CT molecular complexity index is 1020. The van der Waals surface area contributed by atoms with Crippen molar-refractivity contribution in [3.05, 3.63) is 134 Å². The van der Waals surface area contributed by atoms with Gasteiger partial charge in [-0.3, -0.25) is 5.92 Å². The van der Waals surface area contributed by atoms with Crippen molar-refractivity contribution in [3.8, 4) is 5.92 Å². The summed E-state index contributed by atoms with van der Waals surface area (Å²) in [4.78, 5) is 0. The van der Waals surface area contributed by atoms with Crippen LogP contribution in [0.25, 0.3) is 5.73 Å². The van der Waals surface area contributed by atoms with E-state index in [0.717, 1.165) is 5.56 Å². The quantitative estimate of drug-likeness (QED) is 0.127. The van der Waals surface area contributed by atoms with Crippen LogP contribution in [-0.4, -0.2) is 0 Å². The molecule has 1 N–H and O–H groups in total. The minimum Gasteiger partial charge on any atom is -0.699 e. The van der Waals surface area contributed by atoms with Gasteiger partial charge in [-0.2, -0.15) is 55.6 Å². The van der Waals surface area contributed by atoms with Gasteiger partial charge in [0.1, 0.15) is 0 Å². The molecule has 36 heavy (non-hydrogen) atoms. The van der Waals surface area contributed by atoms with Gasteiger partial charge in [0.05, 0.1) is 0 Å². The van der Waals surface area contributed by atoms with Crippen LogP contribution in [0.4, 0.5) is 5.69 Å². The van der Waals surface area contributed by atoms with Crippen LogP contribution in [0.3, 0.4) is 0 Å². The summed E-state index contributed by atoms with van der Waals surface area (Å²) in [6, 6.07) is 18.5. The zero-order valence-corrected chi connectivity index (χ0v) is 25.3. The molecule has 0 atom stereocenters. The van der Waals surface area contributed by atoms with E-state index in [0.29, 0.717) is 5.69 Å². The topological polar surface area (TPSA) is 23.8 Å². The van der Waals surface area contributed by atoms with E-state index in [9.17, 15) is 0 Å². The molecule has 0 aromatic heterocycles. The van der Waals surface area contributed by atoms with Crippen molar-refractivity contribution < 1.29 is 21.7 Å². The van der Waals surface area contributed by atoms with Crippen molar-refractivity contribution in [2.75, 3.05) is 0 Å². The number of hydrogen-bond donors (Lipinski definition) is 0. The van der Waals surface area contributed by atoms with Gasteiger partial charge in [0.15, 0.2) is 0 Å². The molecule has 0 aliphatic heterocycles. The minimum atomic E-state index is 0. The van der Waals surface area contributed by atoms with Crippen LogP contribution in [0.2, 0.25) is 0 Å². The maximum absolute atomic E-state index is 7.00. The fraction of sp³-hybridized carbons (Fsp3) is 0.294. The van der Waals surface area contributed by atoms with E-state index in [-0.39, 0.29) is 21.7 Å². The van der Waals surface area contributed by atoms with Crippen LogP contribution in [0.1, 0.15) is 61.2 Å². The molecule has 0 spiro atoms. The van der Waals surface area contributed by atoms with Crippen LogP contribution >= 0.6 is 0 Å². The number of benzene rings is 2. The molecule has 0 amide bonds. The average molecular weight is 512 g/mol. The summed E-state index contributed by atoms with van der Waals surface area (Å²) in [6.07, 6.45) is 6.69. The summed E-state index contributed by atoms with van der Waals surface area (Å²) < 4.78 is 0. The Morgan fingerprint density at radius 1 is 0.556 bits per heavy atom. The monoisotopic (exact) mass is 511 g/mol. The molecule has 0 unspecified atom stereocenters. The molecule has 0 bridgehead atoms. The SMILES string of the molecule is Cc1c(C)c(C)[c-](C)c1C.Cc1c(C)c(C)[c-](C)c1C.[C-]#Cc1ccccc1.[NH-]c1ccccc1.[Ti]. The third kappa shape index (κ3) is 9.35. The Hall–Kier alpha value is -2.79. The van der Waals surface area contributed by atoms with Crippen molar-refractivity contribution in [2.45, 2.75) is 69.2 Å². The second kappa shape index (κ2) is 16.1. The molecular weight excluding hydrogens is 470 g/mol. The molecule has 4 rings (SSSR count). The molecule has 2 heteroatoms. The molecule has 0 fully saturated rings. The van der Waals surface area contributed by atoms with Crippen LogP contribution in [0.5, 0.6) is 0 Å². The predicted octanol–water partition coefficient (Wildman–Crippen LogP) is 9.89. The third-order valence-electron chi connectivity index (χ3n) is 7.32. The standard InChI is InChI=1S/2C10H15.C8H5.C6H6N.Ti/c2*1-6-7(2)9(4)10(5)8(6)3;1-2-8-6-4-3-5-7-8;7-6-4-2-1-3-5-6;/h2*1-5H3;3-7H;1-5,7H;/q4*-1;. The smallest absolute Gasteiger partial charge is 0 e. The van der Waals surface area contributed by atoms with E-state index in [4.69, 9.17) is 12.2 Å². The Kier molecular flexibility index (Phi) is 14.8. The van der Waals surface area contributed by atoms with E-state index in [2.05, 4.69) is 75.2 Å². The van der Waals surface area contributed by atoms with E-state index < -0.39 is 0 Å². The fourth-order valence-electron chi connectivity index (χ4n) is 3.77. The molecule has 0 heterocycles. The van der Waals surface area contributed by atoms with E-state index >= 15 is 0 Å². The number of nitrogens with one attached hydrogen (secondary N) is 1. The molecule has 190 valence electrons. The van der Waals surface area contributed by atoms with E-state index in [1.165, 1.54) is 55.6 Å². The molecule has 1 nitrogen and oxygen atoms in total. The van der Waals surface area contributed by atoms with Gasteiger partial charge in [-0.15, -0.1) is 23.4 Å². The van der Waals surface area contributed by atoms with Crippen LogP contribution in [0.15, 0.2) is 60.7 Å². The van der Waals surface area contributed by atoms with Crippen molar-refractivity contribution in [2.24, 2.45) is 0 Å². The molecule has 0 saturated heterocycles. The number of hydrogen-bond acceptors (Lipinski definition) is 0. The van der Waals surface area contributed by atoms with Crippen molar-refractivity contribution >= 4 is 5.69 Å². The van der Waals surface area contributed by atoms with Gasteiger partial charge in [-0.05, 0) is 0 Å². The van der Waals surface area contributed by atoms with Gasteiger partial charge in [0.25, 0.3) is 0 Å². The molecule has 0 saturated carbocycles. The van der Waals surface area contributed by atoms with Gasteiger partial charge in [-0.25, -0.2) is 0 Å². The van der Waals surface area contributed by atoms with E-state index in [1.54, 1.807) is 12.1 Å². The molecule has 4 aromatic carbocycles. The first-order valence-corrected chi connectivity index (χ1v) is 12.1. The Morgan fingerprint density at radius 3 is 0.972 bits per heavy atom. The fourth-order valence-corrected chi connectivity index (χ4v) is 3.77.